The zero-order chi connectivity index (χ0) is 22.2. The molecule has 0 bridgehead atoms. The van der Waals surface area contributed by atoms with E-state index in [0.29, 0.717) is 23.3 Å². The first-order valence-corrected chi connectivity index (χ1v) is 10.9. The summed E-state index contributed by atoms with van der Waals surface area (Å²) in [5, 5.41) is 11.8. The molecule has 0 radical (unpaired) electrons. The van der Waals surface area contributed by atoms with Crippen molar-refractivity contribution in [2.45, 2.75) is 24.9 Å². The predicted octanol–water partition coefficient (Wildman–Crippen LogP) is 3.49. The van der Waals surface area contributed by atoms with Gasteiger partial charge in [0.2, 0.25) is 5.91 Å². The summed E-state index contributed by atoms with van der Waals surface area (Å²) >= 11 is 1.26. The SMILES string of the molecule is CCCCOc1ccc(-c2nnc(SCC(=O)Nc3ccccc3C(N)=O)n2C)cc1. The number of nitrogens with two attached hydrogens (primary N) is 1. The van der Waals surface area contributed by atoms with Gasteiger partial charge in [-0.15, -0.1) is 10.2 Å². The number of nitrogens with one attached hydrogen (secondary N) is 1. The fraction of sp³-hybridized carbons (Fsp3) is 0.273. The van der Waals surface area contributed by atoms with E-state index in [0.717, 1.165) is 24.2 Å². The van der Waals surface area contributed by atoms with Crippen molar-refractivity contribution < 1.29 is 14.3 Å². The Balaban J connectivity index is 1.60. The number of primary amides is 1. The fourth-order valence-electron chi connectivity index (χ4n) is 2.85. The Hall–Kier alpha value is -3.33. The number of ether oxygens (including phenoxy) is 1. The van der Waals surface area contributed by atoms with Crippen molar-refractivity contribution in [2.75, 3.05) is 17.7 Å². The van der Waals surface area contributed by atoms with Crippen LogP contribution in [0.5, 0.6) is 5.75 Å². The fourth-order valence-corrected chi connectivity index (χ4v) is 3.56. The Morgan fingerprint density at radius 1 is 1.13 bits per heavy atom. The minimum atomic E-state index is -0.594. The van der Waals surface area contributed by atoms with E-state index < -0.39 is 5.91 Å². The van der Waals surface area contributed by atoms with E-state index in [1.165, 1.54) is 11.8 Å². The van der Waals surface area contributed by atoms with E-state index in [1.807, 2.05) is 35.9 Å². The molecule has 31 heavy (non-hydrogen) atoms. The molecule has 0 aliphatic carbocycles. The van der Waals surface area contributed by atoms with E-state index in [4.69, 9.17) is 10.5 Å². The summed E-state index contributed by atoms with van der Waals surface area (Å²) in [5.74, 6) is 0.771. The predicted molar refractivity (Wildman–Crippen MR) is 121 cm³/mol. The molecule has 0 saturated heterocycles. The minimum Gasteiger partial charge on any atom is -0.494 e. The Morgan fingerprint density at radius 2 is 1.87 bits per heavy atom. The lowest BCUT2D eigenvalue weighted by Gasteiger charge is -2.09. The zero-order valence-electron chi connectivity index (χ0n) is 17.5. The molecule has 0 aliphatic rings. The first-order chi connectivity index (χ1) is 15.0. The van der Waals surface area contributed by atoms with Gasteiger partial charge in [0, 0.05) is 12.6 Å². The van der Waals surface area contributed by atoms with E-state index in [1.54, 1.807) is 24.3 Å². The number of carbonyl (C=O) groups excluding carboxylic acids is 2. The van der Waals surface area contributed by atoms with E-state index in [-0.39, 0.29) is 17.2 Å². The van der Waals surface area contributed by atoms with E-state index in [9.17, 15) is 9.59 Å². The number of aromatic nitrogens is 3. The molecule has 0 saturated carbocycles. The van der Waals surface area contributed by atoms with Gasteiger partial charge < -0.3 is 20.4 Å². The zero-order valence-corrected chi connectivity index (χ0v) is 18.3. The van der Waals surface area contributed by atoms with Gasteiger partial charge in [0.05, 0.1) is 23.6 Å². The number of thioether (sulfide) groups is 1. The highest BCUT2D eigenvalue weighted by molar-refractivity contribution is 7.99. The number of rotatable bonds is 10. The topological polar surface area (TPSA) is 112 Å². The number of benzene rings is 2. The highest BCUT2D eigenvalue weighted by Gasteiger charge is 2.15. The Bertz CT molecular complexity index is 1050. The van der Waals surface area contributed by atoms with Crippen LogP contribution in [0.3, 0.4) is 0 Å². The molecule has 0 unspecified atom stereocenters. The molecule has 8 nitrogen and oxygen atoms in total. The monoisotopic (exact) mass is 439 g/mol. The molecule has 2 aromatic carbocycles. The largest absolute Gasteiger partial charge is 0.494 e. The molecule has 0 atom stereocenters. The molecular formula is C22H25N5O3S. The second kappa shape index (κ2) is 10.6. The first-order valence-electron chi connectivity index (χ1n) is 9.93. The lowest BCUT2D eigenvalue weighted by atomic mass is 10.1. The van der Waals surface area contributed by atoms with E-state index >= 15 is 0 Å². The maximum atomic E-state index is 12.3. The van der Waals surface area contributed by atoms with Gasteiger partial charge in [-0.2, -0.15) is 0 Å². The average Bonchev–Trinajstić information content (AvgIpc) is 3.13. The highest BCUT2D eigenvalue weighted by atomic mass is 32.2. The normalized spacial score (nSPS) is 10.6. The molecular weight excluding hydrogens is 414 g/mol. The number of hydrogen-bond donors (Lipinski definition) is 2. The second-order valence-electron chi connectivity index (χ2n) is 6.84. The van der Waals surface area contributed by atoms with Gasteiger partial charge in [-0.05, 0) is 42.8 Å². The van der Waals surface area contributed by atoms with Gasteiger partial charge in [0.1, 0.15) is 5.75 Å². The van der Waals surface area contributed by atoms with Crippen molar-refractivity contribution in [1.29, 1.82) is 0 Å². The highest BCUT2D eigenvalue weighted by Crippen LogP contribution is 2.25. The van der Waals surface area contributed by atoms with Crippen LogP contribution < -0.4 is 15.8 Å². The van der Waals surface area contributed by atoms with Crippen LogP contribution in [0, 0.1) is 0 Å². The molecule has 3 rings (SSSR count). The van der Waals surface area contributed by atoms with Crippen molar-refractivity contribution in [1.82, 2.24) is 14.8 Å². The van der Waals surface area contributed by atoms with Crippen molar-refractivity contribution >= 4 is 29.3 Å². The van der Waals surface area contributed by atoms with E-state index in [2.05, 4.69) is 22.4 Å². The van der Waals surface area contributed by atoms with Crippen LogP contribution in [-0.4, -0.2) is 38.9 Å². The summed E-state index contributed by atoms with van der Waals surface area (Å²) in [6.45, 7) is 2.83. The number of para-hydroxylation sites is 1. The molecule has 3 aromatic rings. The lowest BCUT2D eigenvalue weighted by molar-refractivity contribution is -0.113. The molecule has 2 amide bonds. The Morgan fingerprint density at radius 3 is 2.58 bits per heavy atom. The van der Waals surface area contributed by atoms with Crippen molar-refractivity contribution in [3.8, 4) is 17.1 Å². The summed E-state index contributed by atoms with van der Waals surface area (Å²) in [7, 11) is 1.85. The minimum absolute atomic E-state index is 0.114. The van der Waals surface area contributed by atoms with Crippen LogP contribution in [0.1, 0.15) is 30.1 Å². The number of hydrogen-bond acceptors (Lipinski definition) is 6. The van der Waals surface area contributed by atoms with Crippen LogP contribution >= 0.6 is 11.8 Å². The number of nitrogens with zero attached hydrogens (tertiary/aromatic N) is 3. The summed E-state index contributed by atoms with van der Waals surface area (Å²) in [5.41, 5.74) is 6.91. The van der Waals surface area contributed by atoms with Crippen LogP contribution in [0.25, 0.3) is 11.4 Å². The lowest BCUT2D eigenvalue weighted by Crippen LogP contribution is -2.19. The Labute approximate surface area is 185 Å². The Kier molecular flexibility index (Phi) is 7.66. The number of unbranched alkanes of at least 4 members (excludes halogenated alkanes) is 1. The maximum absolute atomic E-state index is 12.3. The third kappa shape index (κ3) is 5.85. The van der Waals surface area contributed by atoms with Crippen molar-refractivity contribution in [3.05, 3.63) is 54.1 Å². The smallest absolute Gasteiger partial charge is 0.250 e. The first kappa shape index (κ1) is 22.4. The molecule has 3 N–H and O–H groups in total. The van der Waals surface area contributed by atoms with Crippen LogP contribution in [0.4, 0.5) is 5.69 Å². The van der Waals surface area contributed by atoms with Gasteiger partial charge in [0.25, 0.3) is 5.91 Å². The van der Waals surface area contributed by atoms with Crippen LogP contribution in [0.2, 0.25) is 0 Å². The summed E-state index contributed by atoms with van der Waals surface area (Å²) in [6.07, 6.45) is 2.11. The standard InChI is InChI=1S/C22H25N5O3S/c1-3-4-13-30-16-11-9-15(10-12-16)21-25-26-22(27(21)2)31-14-19(28)24-18-8-6-5-7-17(18)20(23)29/h5-12H,3-4,13-14H2,1-2H3,(H2,23,29)(H,24,28). The van der Waals surface area contributed by atoms with Gasteiger partial charge >= 0.3 is 0 Å². The molecule has 0 spiro atoms. The molecule has 162 valence electrons. The average molecular weight is 440 g/mol. The van der Waals surface area contributed by atoms with Crippen molar-refractivity contribution in [3.63, 3.8) is 0 Å². The summed E-state index contributed by atoms with van der Waals surface area (Å²) < 4.78 is 7.52. The molecule has 1 aromatic heterocycles. The molecule has 0 aliphatic heterocycles. The molecule has 1 heterocycles. The number of amides is 2. The second-order valence-corrected chi connectivity index (χ2v) is 7.78. The molecule has 9 heteroatoms. The van der Waals surface area contributed by atoms with Crippen molar-refractivity contribution in [2.24, 2.45) is 12.8 Å². The number of anilines is 1. The number of carbonyl (C=O) groups is 2. The molecule has 0 fully saturated rings. The van der Waals surface area contributed by atoms with Gasteiger partial charge in [-0.25, -0.2) is 0 Å². The van der Waals surface area contributed by atoms with Gasteiger partial charge in [-0.3, -0.25) is 9.59 Å². The summed E-state index contributed by atoms with van der Waals surface area (Å²) in [4.78, 5) is 23.8. The summed E-state index contributed by atoms with van der Waals surface area (Å²) in [6, 6.07) is 14.3. The van der Waals surface area contributed by atoms with Crippen LogP contribution in [0.15, 0.2) is 53.7 Å². The third-order valence-electron chi connectivity index (χ3n) is 4.51. The van der Waals surface area contributed by atoms with Gasteiger partial charge in [0.15, 0.2) is 11.0 Å². The maximum Gasteiger partial charge on any atom is 0.250 e. The third-order valence-corrected chi connectivity index (χ3v) is 5.53. The quantitative estimate of drug-likeness (QED) is 0.369. The van der Waals surface area contributed by atoms with Gasteiger partial charge in [-0.1, -0.05) is 37.2 Å². The van der Waals surface area contributed by atoms with Crippen LogP contribution in [-0.2, 0) is 11.8 Å².